The summed E-state index contributed by atoms with van der Waals surface area (Å²) in [5, 5.41) is 16.7. The van der Waals surface area contributed by atoms with Gasteiger partial charge < -0.3 is 15.4 Å². The predicted octanol–water partition coefficient (Wildman–Crippen LogP) is 4.25. The van der Waals surface area contributed by atoms with E-state index in [9.17, 15) is 19.7 Å². The maximum atomic E-state index is 12.6. The number of ether oxygens (including phenoxy) is 1. The molecule has 0 heterocycles. The molecule has 154 valence electrons. The molecular formula is C21H25N3O5. The number of hydrogen-bond donors (Lipinski definition) is 2. The Labute approximate surface area is 169 Å². The Morgan fingerprint density at radius 2 is 1.83 bits per heavy atom. The molecule has 2 aromatic carbocycles. The zero-order valence-corrected chi connectivity index (χ0v) is 17.1. The van der Waals surface area contributed by atoms with Crippen LogP contribution in [0.4, 0.5) is 17.1 Å². The first-order valence-electron chi connectivity index (χ1n) is 9.23. The van der Waals surface area contributed by atoms with Gasteiger partial charge in [-0.05, 0) is 43.0 Å². The smallest absolute Gasteiger partial charge is 0.339 e. The second kappa shape index (κ2) is 9.18. The number of nitrogens with one attached hydrogen (secondary N) is 2. The summed E-state index contributed by atoms with van der Waals surface area (Å²) in [4.78, 5) is 35.5. The number of anilines is 2. The number of rotatable bonds is 7. The fourth-order valence-corrected chi connectivity index (χ4v) is 2.87. The van der Waals surface area contributed by atoms with Crippen molar-refractivity contribution in [3.05, 3.63) is 63.2 Å². The van der Waals surface area contributed by atoms with Gasteiger partial charge in [0.05, 0.1) is 10.5 Å². The van der Waals surface area contributed by atoms with Crippen LogP contribution in [0.5, 0.6) is 0 Å². The fourth-order valence-electron chi connectivity index (χ4n) is 2.87. The molecule has 0 aliphatic rings. The van der Waals surface area contributed by atoms with Crippen molar-refractivity contribution in [3.63, 3.8) is 0 Å². The highest BCUT2D eigenvalue weighted by Crippen LogP contribution is 2.28. The van der Waals surface area contributed by atoms with Crippen molar-refractivity contribution in [1.29, 1.82) is 0 Å². The summed E-state index contributed by atoms with van der Waals surface area (Å²) >= 11 is 0. The molecule has 29 heavy (non-hydrogen) atoms. The van der Waals surface area contributed by atoms with Crippen LogP contribution in [-0.4, -0.2) is 30.0 Å². The van der Waals surface area contributed by atoms with Crippen molar-refractivity contribution < 1.29 is 19.2 Å². The molecule has 0 saturated heterocycles. The standard InChI is InChI=1S/C21H25N3O5/c1-12(2)16-8-6-7-13(3)19(16)23-20(25)14(4)29-21(26)15-9-10-17(22-5)18(11-15)24(27)28/h6-12,14,22H,1-5H3,(H,23,25). The lowest BCUT2D eigenvalue weighted by Gasteiger charge is -2.19. The minimum Gasteiger partial charge on any atom is -0.449 e. The minimum absolute atomic E-state index is 0.00545. The molecule has 0 spiro atoms. The molecule has 8 nitrogen and oxygen atoms in total. The van der Waals surface area contributed by atoms with Crippen molar-refractivity contribution in [2.45, 2.75) is 39.7 Å². The first kappa shape index (κ1) is 21.9. The molecule has 0 aliphatic carbocycles. The first-order valence-corrected chi connectivity index (χ1v) is 9.23. The molecule has 2 aromatic rings. The summed E-state index contributed by atoms with van der Waals surface area (Å²) in [6.07, 6.45) is -1.08. The van der Waals surface area contributed by atoms with Crippen LogP contribution in [-0.2, 0) is 9.53 Å². The number of aryl methyl sites for hydroxylation is 1. The molecule has 2 rings (SSSR count). The van der Waals surface area contributed by atoms with Gasteiger partial charge in [-0.15, -0.1) is 0 Å². The van der Waals surface area contributed by atoms with E-state index in [1.54, 1.807) is 7.05 Å². The second-order valence-corrected chi connectivity index (χ2v) is 6.97. The predicted molar refractivity (Wildman–Crippen MR) is 111 cm³/mol. The number of para-hydroxylation sites is 1. The van der Waals surface area contributed by atoms with Gasteiger partial charge in [-0.2, -0.15) is 0 Å². The summed E-state index contributed by atoms with van der Waals surface area (Å²) in [6.45, 7) is 7.39. The highest BCUT2D eigenvalue weighted by atomic mass is 16.6. The molecule has 0 fully saturated rings. The van der Waals surface area contributed by atoms with Gasteiger partial charge in [0.2, 0.25) is 0 Å². The van der Waals surface area contributed by atoms with E-state index in [0.29, 0.717) is 5.69 Å². The van der Waals surface area contributed by atoms with Crippen LogP contribution >= 0.6 is 0 Å². The maximum absolute atomic E-state index is 12.6. The van der Waals surface area contributed by atoms with Gasteiger partial charge >= 0.3 is 5.97 Å². The van der Waals surface area contributed by atoms with Crippen molar-refractivity contribution in [2.75, 3.05) is 17.7 Å². The highest BCUT2D eigenvalue weighted by molar-refractivity contribution is 5.98. The topological polar surface area (TPSA) is 111 Å². The lowest BCUT2D eigenvalue weighted by molar-refractivity contribution is -0.384. The molecule has 0 radical (unpaired) electrons. The Hall–Kier alpha value is -3.42. The van der Waals surface area contributed by atoms with E-state index >= 15 is 0 Å². The molecule has 8 heteroatoms. The summed E-state index contributed by atoms with van der Waals surface area (Å²) in [5.41, 5.74) is 2.61. The SMILES string of the molecule is CNc1ccc(C(=O)OC(C)C(=O)Nc2c(C)cccc2C(C)C)cc1[N+](=O)[O-]. The number of carbonyl (C=O) groups excluding carboxylic acids is 2. The van der Waals surface area contributed by atoms with E-state index in [4.69, 9.17) is 4.74 Å². The third kappa shape index (κ3) is 5.10. The average Bonchev–Trinajstić information content (AvgIpc) is 2.68. The zero-order chi connectivity index (χ0) is 21.7. The summed E-state index contributed by atoms with van der Waals surface area (Å²) < 4.78 is 5.22. The number of nitro groups is 1. The Kier molecular flexibility index (Phi) is 6.93. The van der Waals surface area contributed by atoms with Crippen LogP contribution in [0, 0.1) is 17.0 Å². The van der Waals surface area contributed by atoms with Crippen molar-refractivity contribution in [1.82, 2.24) is 0 Å². The van der Waals surface area contributed by atoms with Gasteiger partial charge in [-0.1, -0.05) is 32.0 Å². The molecule has 2 N–H and O–H groups in total. The van der Waals surface area contributed by atoms with Crippen molar-refractivity contribution in [3.8, 4) is 0 Å². The number of amides is 1. The van der Waals surface area contributed by atoms with Crippen LogP contribution in [0.3, 0.4) is 0 Å². The van der Waals surface area contributed by atoms with E-state index in [-0.39, 0.29) is 22.9 Å². The monoisotopic (exact) mass is 399 g/mol. The molecular weight excluding hydrogens is 374 g/mol. The molecule has 0 aromatic heterocycles. The number of carbonyl (C=O) groups is 2. The summed E-state index contributed by atoms with van der Waals surface area (Å²) in [5.74, 6) is -1.09. The van der Waals surface area contributed by atoms with Gasteiger partial charge in [-0.3, -0.25) is 14.9 Å². The lowest BCUT2D eigenvalue weighted by Crippen LogP contribution is -2.30. The Morgan fingerprint density at radius 3 is 2.41 bits per heavy atom. The lowest BCUT2D eigenvalue weighted by atomic mass is 9.98. The van der Waals surface area contributed by atoms with Gasteiger partial charge in [0.15, 0.2) is 6.10 Å². The van der Waals surface area contributed by atoms with Crippen molar-refractivity contribution >= 4 is 28.9 Å². The fraction of sp³-hybridized carbons (Fsp3) is 0.333. The van der Waals surface area contributed by atoms with Crippen molar-refractivity contribution in [2.24, 2.45) is 0 Å². The van der Waals surface area contributed by atoms with Crippen LogP contribution in [0.1, 0.15) is 48.2 Å². The summed E-state index contributed by atoms with van der Waals surface area (Å²) in [7, 11) is 1.55. The zero-order valence-electron chi connectivity index (χ0n) is 17.1. The van der Waals surface area contributed by atoms with Crippen LogP contribution in [0.25, 0.3) is 0 Å². The molecule has 0 bridgehead atoms. The average molecular weight is 399 g/mol. The van der Waals surface area contributed by atoms with E-state index in [1.165, 1.54) is 19.1 Å². The maximum Gasteiger partial charge on any atom is 0.339 e. The van der Waals surface area contributed by atoms with E-state index in [0.717, 1.165) is 17.2 Å². The number of esters is 1. The Bertz CT molecular complexity index is 940. The van der Waals surface area contributed by atoms with Crippen LogP contribution in [0.15, 0.2) is 36.4 Å². The normalized spacial score (nSPS) is 11.7. The molecule has 1 amide bonds. The Morgan fingerprint density at radius 1 is 1.14 bits per heavy atom. The molecule has 1 unspecified atom stereocenters. The number of hydrogen-bond acceptors (Lipinski definition) is 6. The molecule has 0 saturated carbocycles. The highest BCUT2D eigenvalue weighted by Gasteiger charge is 2.23. The van der Waals surface area contributed by atoms with E-state index < -0.39 is 22.9 Å². The second-order valence-electron chi connectivity index (χ2n) is 6.97. The number of benzene rings is 2. The summed E-state index contributed by atoms with van der Waals surface area (Å²) in [6, 6.07) is 9.70. The third-order valence-electron chi connectivity index (χ3n) is 4.53. The van der Waals surface area contributed by atoms with Crippen LogP contribution < -0.4 is 10.6 Å². The molecule has 0 aliphatic heterocycles. The Balaban J connectivity index is 2.16. The third-order valence-corrected chi connectivity index (χ3v) is 4.53. The van der Waals surface area contributed by atoms with Gasteiger partial charge in [-0.25, -0.2) is 4.79 Å². The van der Waals surface area contributed by atoms with Gasteiger partial charge in [0, 0.05) is 18.8 Å². The van der Waals surface area contributed by atoms with E-state index in [1.807, 2.05) is 39.0 Å². The molecule has 1 atom stereocenters. The van der Waals surface area contributed by atoms with Gasteiger partial charge in [0.25, 0.3) is 11.6 Å². The number of nitrogens with zero attached hydrogens (tertiary/aromatic N) is 1. The number of nitro benzene ring substituents is 1. The first-order chi connectivity index (χ1) is 13.6. The van der Waals surface area contributed by atoms with Gasteiger partial charge in [0.1, 0.15) is 5.69 Å². The largest absolute Gasteiger partial charge is 0.449 e. The minimum atomic E-state index is -1.08. The van der Waals surface area contributed by atoms with Crippen LogP contribution in [0.2, 0.25) is 0 Å². The van der Waals surface area contributed by atoms with E-state index in [2.05, 4.69) is 10.6 Å². The quantitative estimate of drug-likeness (QED) is 0.409.